The number of ether oxygens (including phenoxy) is 3. The maximum absolute atomic E-state index is 12.6. The van der Waals surface area contributed by atoms with Crippen LogP contribution in [0.15, 0.2) is 54.6 Å². The average Bonchev–Trinajstić information content (AvgIpc) is 3.13. The van der Waals surface area contributed by atoms with E-state index < -0.39 is 31.1 Å². The molecule has 0 aliphatic rings. The highest BCUT2D eigenvalue weighted by molar-refractivity contribution is 7.21. The van der Waals surface area contributed by atoms with E-state index in [4.69, 9.17) is 21.1 Å². The zero-order valence-corrected chi connectivity index (χ0v) is 19.3. The van der Waals surface area contributed by atoms with Crippen LogP contribution in [0.25, 0.3) is 11.1 Å². The van der Waals surface area contributed by atoms with Gasteiger partial charge in [-0.25, -0.2) is 9.59 Å². The molecule has 0 spiro atoms. The number of alkyl halides is 2. The van der Waals surface area contributed by atoms with Crippen LogP contribution in [-0.4, -0.2) is 37.7 Å². The molecule has 11 heteroatoms. The van der Waals surface area contributed by atoms with Gasteiger partial charge in [0.15, 0.2) is 6.61 Å². The highest BCUT2D eigenvalue weighted by Crippen LogP contribution is 2.43. The number of carbonyl (C=O) groups is 3. The third kappa shape index (κ3) is 6.09. The molecule has 0 bridgehead atoms. The van der Waals surface area contributed by atoms with Crippen LogP contribution < -0.4 is 10.1 Å². The minimum Gasteiger partial charge on any atom is -0.462 e. The number of amides is 1. The van der Waals surface area contributed by atoms with E-state index in [0.29, 0.717) is 11.1 Å². The normalized spacial score (nSPS) is 10.6. The van der Waals surface area contributed by atoms with Gasteiger partial charge in [0, 0.05) is 5.56 Å². The molecule has 1 aromatic heterocycles. The number of thiophene rings is 1. The monoisotopic (exact) mass is 509 g/mol. The van der Waals surface area contributed by atoms with Crippen LogP contribution in [-0.2, 0) is 14.3 Å². The van der Waals surface area contributed by atoms with Gasteiger partial charge >= 0.3 is 18.6 Å². The zero-order chi connectivity index (χ0) is 24.7. The molecule has 7 nitrogen and oxygen atoms in total. The summed E-state index contributed by atoms with van der Waals surface area (Å²) in [7, 11) is 0. The number of carbonyl (C=O) groups excluding carboxylic acids is 3. The SMILES string of the molecule is CCOC(=O)c1c(NC(=O)COC(=O)c2ccccc2OC(F)F)sc(Cl)c1-c1ccccc1. The van der Waals surface area contributed by atoms with Crippen molar-refractivity contribution in [3.63, 3.8) is 0 Å². The van der Waals surface area contributed by atoms with Gasteiger partial charge in [-0.2, -0.15) is 8.78 Å². The van der Waals surface area contributed by atoms with Gasteiger partial charge in [-0.1, -0.05) is 54.1 Å². The molecule has 1 heterocycles. The maximum Gasteiger partial charge on any atom is 0.387 e. The van der Waals surface area contributed by atoms with Crippen molar-refractivity contribution >= 4 is 45.8 Å². The Bertz CT molecular complexity index is 1190. The molecule has 2 aromatic carbocycles. The quantitative estimate of drug-likeness (QED) is 0.375. The standard InChI is InChI=1S/C23H18ClF2NO6S/c1-2-31-22(30)18-17(13-8-4-3-5-9-13)19(24)34-20(18)27-16(28)12-32-21(29)14-10-6-7-11-15(14)33-23(25)26/h3-11,23H,2,12H2,1H3,(H,27,28). The topological polar surface area (TPSA) is 90.9 Å². The van der Waals surface area contributed by atoms with Crippen molar-refractivity contribution in [3.8, 4) is 16.9 Å². The van der Waals surface area contributed by atoms with E-state index in [1.165, 1.54) is 24.3 Å². The van der Waals surface area contributed by atoms with Gasteiger partial charge in [-0.3, -0.25) is 4.79 Å². The minimum absolute atomic E-state index is 0.0680. The molecule has 0 atom stereocenters. The highest BCUT2D eigenvalue weighted by atomic mass is 35.5. The van der Waals surface area contributed by atoms with Gasteiger partial charge < -0.3 is 19.5 Å². The molecule has 1 N–H and O–H groups in total. The van der Waals surface area contributed by atoms with Gasteiger partial charge in [0.05, 0.1) is 6.61 Å². The van der Waals surface area contributed by atoms with E-state index in [0.717, 1.165) is 11.3 Å². The van der Waals surface area contributed by atoms with Crippen LogP contribution >= 0.6 is 22.9 Å². The largest absolute Gasteiger partial charge is 0.462 e. The van der Waals surface area contributed by atoms with Gasteiger partial charge in [0.2, 0.25) is 0 Å². The Morgan fingerprint density at radius 2 is 1.68 bits per heavy atom. The zero-order valence-electron chi connectivity index (χ0n) is 17.7. The lowest BCUT2D eigenvalue weighted by molar-refractivity contribution is -0.119. The Balaban J connectivity index is 1.78. The van der Waals surface area contributed by atoms with Crippen molar-refractivity contribution in [2.75, 3.05) is 18.5 Å². The number of benzene rings is 2. The number of rotatable bonds is 9. The molecule has 0 saturated heterocycles. The molecule has 0 fully saturated rings. The average molecular weight is 510 g/mol. The first-order valence-electron chi connectivity index (χ1n) is 9.87. The molecule has 3 rings (SSSR count). The minimum atomic E-state index is -3.14. The summed E-state index contributed by atoms with van der Waals surface area (Å²) < 4.78 is 39.7. The fourth-order valence-corrected chi connectivity index (χ4v) is 4.35. The number of nitrogens with one attached hydrogen (secondary N) is 1. The summed E-state index contributed by atoms with van der Waals surface area (Å²) in [6.07, 6.45) is 0. The smallest absolute Gasteiger partial charge is 0.387 e. The first-order valence-corrected chi connectivity index (χ1v) is 11.1. The Hall–Kier alpha value is -3.50. The fourth-order valence-electron chi connectivity index (χ4n) is 2.96. The van der Waals surface area contributed by atoms with Crippen LogP contribution in [0.2, 0.25) is 4.34 Å². The summed E-state index contributed by atoms with van der Waals surface area (Å²) >= 11 is 7.32. The van der Waals surface area contributed by atoms with Crippen LogP contribution in [0.4, 0.5) is 13.8 Å². The van der Waals surface area contributed by atoms with Crippen molar-refractivity contribution in [2.45, 2.75) is 13.5 Å². The van der Waals surface area contributed by atoms with Gasteiger partial charge in [-0.15, -0.1) is 11.3 Å². The molecule has 1 amide bonds. The summed E-state index contributed by atoms with van der Waals surface area (Å²) in [5.41, 5.74) is 0.845. The summed E-state index contributed by atoms with van der Waals surface area (Å²) in [5.74, 6) is -2.88. The van der Waals surface area contributed by atoms with Gasteiger partial charge in [-0.05, 0) is 24.6 Å². The second-order valence-corrected chi connectivity index (χ2v) is 8.16. The van der Waals surface area contributed by atoms with Crippen LogP contribution in [0, 0.1) is 0 Å². The molecule has 0 unspecified atom stereocenters. The van der Waals surface area contributed by atoms with E-state index in [1.807, 2.05) is 0 Å². The Morgan fingerprint density at radius 3 is 2.35 bits per heavy atom. The van der Waals surface area contributed by atoms with Crippen LogP contribution in [0.1, 0.15) is 27.6 Å². The summed E-state index contributed by atoms with van der Waals surface area (Å²) in [6.45, 7) is -2.14. The number of para-hydroxylation sites is 1. The Kier molecular flexibility index (Phi) is 8.55. The van der Waals surface area contributed by atoms with Crippen molar-refractivity contribution in [3.05, 3.63) is 70.1 Å². The molecular weight excluding hydrogens is 492 g/mol. The van der Waals surface area contributed by atoms with E-state index in [2.05, 4.69) is 10.1 Å². The van der Waals surface area contributed by atoms with E-state index in [-0.39, 0.29) is 32.8 Å². The van der Waals surface area contributed by atoms with E-state index in [1.54, 1.807) is 37.3 Å². The Morgan fingerprint density at radius 1 is 1.00 bits per heavy atom. The number of hydrogen-bond acceptors (Lipinski definition) is 7. The fraction of sp³-hybridized carbons (Fsp3) is 0.174. The van der Waals surface area contributed by atoms with Crippen molar-refractivity contribution in [1.29, 1.82) is 0 Å². The molecular formula is C23H18ClF2NO6S. The molecule has 0 aliphatic heterocycles. The second kappa shape index (κ2) is 11.6. The van der Waals surface area contributed by atoms with Crippen molar-refractivity contribution in [2.24, 2.45) is 0 Å². The molecule has 0 aliphatic carbocycles. The predicted octanol–water partition coefficient (Wildman–Crippen LogP) is 5.64. The maximum atomic E-state index is 12.6. The Labute approximate surface area is 202 Å². The second-order valence-electron chi connectivity index (χ2n) is 6.54. The lowest BCUT2D eigenvalue weighted by Gasteiger charge is -2.11. The predicted molar refractivity (Wildman–Crippen MR) is 123 cm³/mol. The highest BCUT2D eigenvalue weighted by Gasteiger charge is 2.27. The first kappa shape index (κ1) is 25.1. The number of anilines is 1. The van der Waals surface area contributed by atoms with Crippen molar-refractivity contribution < 1.29 is 37.4 Å². The first-order chi connectivity index (χ1) is 16.3. The van der Waals surface area contributed by atoms with Gasteiger partial charge in [0.1, 0.15) is 26.2 Å². The van der Waals surface area contributed by atoms with E-state index >= 15 is 0 Å². The third-order valence-corrected chi connectivity index (χ3v) is 5.63. The lowest BCUT2D eigenvalue weighted by Crippen LogP contribution is -2.22. The summed E-state index contributed by atoms with van der Waals surface area (Å²) in [5, 5.41) is 2.62. The van der Waals surface area contributed by atoms with E-state index in [9.17, 15) is 23.2 Å². The summed E-state index contributed by atoms with van der Waals surface area (Å²) in [4.78, 5) is 37.4. The third-order valence-electron chi connectivity index (χ3n) is 4.32. The van der Waals surface area contributed by atoms with Crippen molar-refractivity contribution in [1.82, 2.24) is 0 Å². The molecule has 3 aromatic rings. The van der Waals surface area contributed by atoms with Crippen LogP contribution in [0.3, 0.4) is 0 Å². The number of hydrogen-bond donors (Lipinski definition) is 1. The molecule has 178 valence electrons. The molecule has 34 heavy (non-hydrogen) atoms. The lowest BCUT2D eigenvalue weighted by atomic mass is 10.0. The number of halogens is 3. The number of esters is 2. The van der Waals surface area contributed by atoms with Crippen LogP contribution in [0.5, 0.6) is 5.75 Å². The molecule has 0 radical (unpaired) electrons. The molecule has 0 saturated carbocycles. The summed E-state index contributed by atoms with van der Waals surface area (Å²) in [6, 6.07) is 14.1. The van der Waals surface area contributed by atoms with Gasteiger partial charge in [0.25, 0.3) is 5.91 Å².